The molecule has 2 aliphatic heterocycles. The van der Waals surface area contributed by atoms with Crippen LogP contribution in [0.5, 0.6) is 0 Å². The van der Waals surface area contributed by atoms with E-state index in [9.17, 15) is 0 Å². The zero-order chi connectivity index (χ0) is 13.1. The van der Waals surface area contributed by atoms with Gasteiger partial charge in [-0.1, -0.05) is 25.5 Å². The Balaban J connectivity index is 1.72. The van der Waals surface area contributed by atoms with Gasteiger partial charge in [0.15, 0.2) is 0 Å². The van der Waals surface area contributed by atoms with E-state index < -0.39 is 0 Å². The Labute approximate surface area is 117 Å². The summed E-state index contributed by atoms with van der Waals surface area (Å²) in [5, 5.41) is 0. The third-order valence-corrected chi connectivity index (χ3v) is 4.76. The highest BCUT2D eigenvalue weighted by molar-refractivity contribution is 5.48. The van der Waals surface area contributed by atoms with Crippen LogP contribution in [0, 0.1) is 0 Å². The largest absolute Gasteiger partial charge is 0.370 e. The van der Waals surface area contributed by atoms with Crippen molar-refractivity contribution in [3.8, 4) is 0 Å². The van der Waals surface area contributed by atoms with Crippen LogP contribution < -0.4 is 4.90 Å². The SMILES string of the molecule is CCc1ccc(N2CCCN3CCCCC3C2)cc1. The molecule has 0 aliphatic carbocycles. The molecule has 0 amide bonds. The average Bonchev–Trinajstić information content (AvgIpc) is 2.69. The fourth-order valence-electron chi connectivity index (χ4n) is 3.55. The van der Waals surface area contributed by atoms with Crippen LogP contribution in [0.15, 0.2) is 24.3 Å². The number of fused-ring (bicyclic) bond motifs is 1. The zero-order valence-corrected chi connectivity index (χ0v) is 12.1. The van der Waals surface area contributed by atoms with Crippen molar-refractivity contribution >= 4 is 5.69 Å². The molecule has 104 valence electrons. The molecule has 1 atom stereocenters. The summed E-state index contributed by atoms with van der Waals surface area (Å²) in [6.45, 7) is 7.30. The Bertz CT molecular complexity index is 398. The van der Waals surface area contributed by atoms with Gasteiger partial charge in [-0.25, -0.2) is 0 Å². The highest BCUT2D eigenvalue weighted by Crippen LogP contribution is 2.24. The lowest BCUT2D eigenvalue weighted by atomic mass is 10.0. The maximum Gasteiger partial charge on any atom is 0.0366 e. The smallest absolute Gasteiger partial charge is 0.0366 e. The van der Waals surface area contributed by atoms with Gasteiger partial charge in [0.2, 0.25) is 0 Å². The van der Waals surface area contributed by atoms with Gasteiger partial charge in [0.25, 0.3) is 0 Å². The third kappa shape index (κ3) is 2.94. The van der Waals surface area contributed by atoms with E-state index in [1.165, 1.54) is 63.1 Å². The van der Waals surface area contributed by atoms with Gasteiger partial charge in [0, 0.05) is 31.4 Å². The molecule has 1 aromatic carbocycles. The van der Waals surface area contributed by atoms with Crippen molar-refractivity contribution in [3.05, 3.63) is 29.8 Å². The molecule has 0 saturated carbocycles. The molecule has 0 spiro atoms. The number of nitrogens with zero attached hydrogens (tertiary/aromatic N) is 2. The maximum atomic E-state index is 2.73. The molecule has 0 bridgehead atoms. The molecular formula is C17H26N2. The van der Waals surface area contributed by atoms with E-state index in [0.717, 1.165) is 12.5 Å². The summed E-state index contributed by atoms with van der Waals surface area (Å²) in [6.07, 6.45) is 6.66. The fraction of sp³-hybridized carbons (Fsp3) is 0.647. The fourth-order valence-corrected chi connectivity index (χ4v) is 3.55. The standard InChI is InChI=1S/C17H26N2/c1-2-15-7-9-16(10-8-15)19-13-5-12-18-11-4-3-6-17(18)14-19/h7-10,17H,2-6,11-14H2,1H3. The normalized spacial score (nSPS) is 24.9. The number of rotatable bonds is 2. The van der Waals surface area contributed by atoms with E-state index >= 15 is 0 Å². The Kier molecular flexibility index (Phi) is 4.07. The average molecular weight is 258 g/mol. The number of benzene rings is 1. The van der Waals surface area contributed by atoms with Crippen LogP contribution in [-0.4, -0.2) is 37.1 Å². The summed E-state index contributed by atoms with van der Waals surface area (Å²) in [6, 6.07) is 10.0. The Morgan fingerprint density at radius 1 is 1.00 bits per heavy atom. The van der Waals surface area contributed by atoms with Crippen molar-refractivity contribution in [2.75, 3.05) is 31.1 Å². The van der Waals surface area contributed by atoms with E-state index in [2.05, 4.69) is 41.0 Å². The molecule has 0 N–H and O–H groups in total. The summed E-state index contributed by atoms with van der Waals surface area (Å²) >= 11 is 0. The third-order valence-electron chi connectivity index (χ3n) is 4.76. The number of hydrogen-bond acceptors (Lipinski definition) is 2. The quantitative estimate of drug-likeness (QED) is 0.803. The minimum Gasteiger partial charge on any atom is -0.370 e. The lowest BCUT2D eigenvalue weighted by Crippen LogP contribution is -2.44. The van der Waals surface area contributed by atoms with E-state index in [-0.39, 0.29) is 0 Å². The van der Waals surface area contributed by atoms with Crippen LogP contribution in [0.2, 0.25) is 0 Å². The molecular weight excluding hydrogens is 232 g/mol. The van der Waals surface area contributed by atoms with Crippen molar-refractivity contribution in [2.24, 2.45) is 0 Å². The first-order chi connectivity index (χ1) is 9.36. The highest BCUT2D eigenvalue weighted by atomic mass is 15.2. The maximum absolute atomic E-state index is 2.73. The number of anilines is 1. The van der Waals surface area contributed by atoms with Crippen molar-refractivity contribution < 1.29 is 0 Å². The summed E-state index contributed by atoms with van der Waals surface area (Å²) in [7, 11) is 0. The second kappa shape index (κ2) is 5.96. The van der Waals surface area contributed by atoms with Gasteiger partial charge in [-0.3, -0.25) is 4.90 Å². The second-order valence-corrected chi connectivity index (χ2v) is 6.01. The molecule has 2 heterocycles. The lowest BCUT2D eigenvalue weighted by Gasteiger charge is -2.35. The predicted molar refractivity (Wildman–Crippen MR) is 81.9 cm³/mol. The van der Waals surface area contributed by atoms with Crippen LogP contribution in [0.1, 0.15) is 38.2 Å². The predicted octanol–water partition coefficient (Wildman–Crippen LogP) is 3.31. The van der Waals surface area contributed by atoms with Crippen LogP contribution in [0.25, 0.3) is 0 Å². The first kappa shape index (κ1) is 13.0. The number of aryl methyl sites for hydroxylation is 1. The molecule has 19 heavy (non-hydrogen) atoms. The monoisotopic (exact) mass is 258 g/mol. The molecule has 2 heteroatoms. The van der Waals surface area contributed by atoms with E-state index in [1.807, 2.05) is 0 Å². The molecule has 3 rings (SSSR count). The molecule has 2 nitrogen and oxygen atoms in total. The van der Waals surface area contributed by atoms with Gasteiger partial charge in [-0.2, -0.15) is 0 Å². The molecule has 1 aromatic rings. The molecule has 2 aliphatic rings. The zero-order valence-electron chi connectivity index (χ0n) is 12.1. The van der Waals surface area contributed by atoms with E-state index in [1.54, 1.807) is 0 Å². The minimum atomic E-state index is 0.794. The molecule has 0 aromatic heterocycles. The summed E-state index contributed by atoms with van der Waals surface area (Å²) in [5.74, 6) is 0. The highest BCUT2D eigenvalue weighted by Gasteiger charge is 2.26. The molecule has 2 saturated heterocycles. The Hall–Kier alpha value is -1.02. The van der Waals surface area contributed by atoms with Crippen LogP contribution in [0.4, 0.5) is 5.69 Å². The van der Waals surface area contributed by atoms with Crippen molar-refractivity contribution in [1.82, 2.24) is 4.90 Å². The van der Waals surface area contributed by atoms with Gasteiger partial charge < -0.3 is 4.90 Å². The van der Waals surface area contributed by atoms with Gasteiger partial charge in [-0.15, -0.1) is 0 Å². The van der Waals surface area contributed by atoms with E-state index in [4.69, 9.17) is 0 Å². The number of piperidine rings is 1. The topological polar surface area (TPSA) is 6.48 Å². The van der Waals surface area contributed by atoms with Crippen LogP contribution in [0.3, 0.4) is 0 Å². The second-order valence-electron chi connectivity index (χ2n) is 6.01. The van der Waals surface area contributed by atoms with Crippen molar-refractivity contribution in [1.29, 1.82) is 0 Å². The molecule has 0 radical (unpaired) electrons. The van der Waals surface area contributed by atoms with Crippen LogP contribution >= 0.6 is 0 Å². The van der Waals surface area contributed by atoms with Gasteiger partial charge in [0.05, 0.1) is 0 Å². The Morgan fingerprint density at radius 2 is 1.79 bits per heavy atom. The summed E-state index contributed by atoms with van der Waals surface area (Å²) in [4.78, 5) is 5.33. The minimum absolute atomic E-state index is 0.794. The molecule has 1 unspecified atom stereocenters. The lowest BCUT2D eigenvalue weighted by molar-refractivity contribution is 0.162. The Morgan fingerprint density at radius 3 is 2.58 bits per heavy atom. The summed E-state index contributed by atoms with van der Waals surface area (Å²) < 4.78 is 0. The van der Waals surface area contributed by atoms with Gasteiger partial charge in [0.1, 0.15) is 0 Å². The van der Waals surface area contributed by atoms with E-state index in [0.29, 0.717) is 0 Å². The molecule has 2 fully saturated rings. The van der Waals surface area contributed by atoms with Gasteiger partial charge >= 0.3 is 0 Å². The first-order valence-corrected chi connectivity index (χ1v) is 7.95. The number of hydrogen-bond donors (Lipinski definition) is 0. The van der Waals surface area contributed by atoms with Gasteiger partial charge in [-0.05, 0) is 49.9 Å². The first-order valence-electron chi connectivity index (χ1n) is 7.95. The summed E-state index contributed by atoms with van der Waals surface area (Å²) in [5.41, 5.74) is 2.86. The van der Waals surface area contributed by atoms with Crippen molar-refractivity contribution in [2.45, 2.75) is 45.1 Å². The van der Waals surface area contributed by atoms with Crippen molar-refractivity contribution in [3.63, 3.8) is 0 Å². The van der Waals surface area contributed by atoms with Crippen LogP contribution in [-0.2, 0) is 6.42 Å².